The van der Waals surface area contributed by atoms with E-state index in [9.17, 15) is 4.79 Å². The molecule has 0 aromatic carbocycles. The molecule has 0 bridgehead atoms. The van der Waals surface area contributed by atoms with Crippen LogP contribution in [0.2, 0.25) is 0 Å². The van der Waals surface area contributed by atoms with Crippen molar-refractivity contribution in [2.24, 2.45) is 7.05 Å². The number of nitrogens with one attached hydrogen (secondary N) is 2. The van der Waals surface area contributed by atoms with Gasteiger partial charge in [-0.3, -0.25) is 4.57 Å². The predicted octanol–water partition coefficient (Wildman–Crippen LogP) is 0.505. The van der Waals surface area contributed by atoms with Gasteiger partial charge in [-0.2, -0.15) is 5.10 Å². The summed E-state index contributed by atoms with van der Waals surface area (Å²) in [5, 5.41) is 9.44. The Labute approximate surface area is 111 Å². The fourth-order valence-corrected chi connectivity index (χ4v) is 1.75. The lowest BCUT2D eigenvalue weighted by Gasteiger charge is -2.04. The van der Waals surface area contributed by atoms with Gasteiger partial charge in [0.1, 0.15) is 5.82 Å². The van der Waals surface area contributed by atoms with Crippen LogP contribution in [0.4, 0.5) is 5.95 Å². The molecular weight excluding hydrogens is 244 g/mol. The number of nitrogens with zero attached hydrogens (tertiary/aromatic N) is 4. The first kappa shape index (κ1) is 13.3. The van der Waals surface area contributed by atoms with Gasteiger partial charge in [0.25, 0.3) is 0 Å². The number of anilines is 1. The van der Waals surface area contributed by atoms with E-state index in [2.05, 4.69) is 32.4 Å². The molecule has 0 amide bonds. The second-order valence-electron chi connectivity index (χ2n) is 4.35. The fourth-order valence-electron chi connectivity index (χ4n) is 1.75. The van der Waals surface area contributed by atoms with Crippen molar-refractivity contribution >= 4 is 5.95 Å². The first-order valence-electron chi connectivity index (χ1n) is 6.35. The highest BCUT2D eigenvalue weighted by molar-refractivity contribution is 5.24. The van der Waals surface area contributed by atoms with Crippen molar-refractivity contribution in [3.63, 3.8) is 0 Å². The average molecular weight is 262 g/mol. The highest BCUT2D eigenvalue weighted by atomic mass is 16.1. The van der Waals surface area contributed by atoms with E-state index in [-0.39, 0.29) is 5.69 Å². The molecule has 0 unspecified atom stereocenters. The standard InChI is InChI=1S/C12H18N6O/c1-3-4-9-7-14-11(15-8-9)13-6-5-10-16-17-12(19)18(10)2/h7-8H,3-6H2,1-2H3,(H,17,19)(H,13,14,15). The van der Waals surface area contributed by atoms with Crippen molar-refractivity contribution in [3.05, 3.63) is 34.3 Å². The van der Waals surface area contributed by atoms with Gasteiger partial charge in [-0.15, -0.1) is 0 Å². The first-order chi connectivity index (χ1) is 9.20. The quantitative estimate of drug-likeness (QED) is 0.791. The summed E-state index contributed by atoms with van der Waals surface area (Å²) >= 11 is 0. The maximum absolute atomic E-state index is 11.2. The average Bonchev–Trinajstić information content (AvgIpc) is 2.73. The highest BCUT2D eigenvalue weighted by Gasteiger charge is 2.03. The molecule has 0 aliphatic rings. The molecule has 0 fully saturated rings. The van der Waals surface area contributed by atoms with Crippen LogP contribution in [0.15, 0.2) is 17.2 Å². The van der Waals surface area contributed by atoms with E-state index >= 15 is 0 Å². The van der Waals surface area contributed by atoms with Crippen LogP contribution in [0, 0.1) is 0 Å². The zero-order valence-electron chi connectivity index (χ0n) is 11.2. The molecule has 0 aliphatic carbocycles. The Balaban J connectivity index is 1.85. The number of hydrogen-bond donors (Lipinski definition) is 2. The highest BCUT2D eigenvalue weighted by Crippen LogP contribution is 2.03. The lowest BCUT2D eigenvalue weighted by atomic mass is 10.2. The third-order valence-electron chi connectivity index (χ3n) is 2.85. The molecule has 0 aliphatic heterocycles. The van der Waals surface area contributed by atoms with Gasteiger partial charge >= 0.3 is 5.69 Å². The van der Waals surface area contributed by atoms with Gasteiger partial charge in [0, 0.05) is 32.4 Å². The van der Waals surface area contributed by atoms with Crippen molar-refractivity contribution in [2.45, 2.75) is 26.2 Å². The van der Waals surface area contributed by atoms with Gasteiger partial charge in [0.05, 0.1) is 0 Å². The Morgan fingerprint density at radius 2 is 2.05 bits per heavy atom. The molecule has 0 spiro atoms. The molecule has 2 aromatic rings. The molecule has 2 aromatic heterocycles. The van der Waals surface area contributed by atoms with Crippen LogP contribution >= 0.6 is 0 Å². The molecule has 19 heavy (non-hydrogen) atoms. The minimum Gasteiger partial charge on any atom is -0.354 e. The van der Waals surface area contributed by atoms with E-state index in [1.165, 1.54) is 4.57 Å². The van der Waals surface area contributed by atoms with E-state index in [0.717, 1.165) is 18.4 Å². The van der Waals surface area contributed by atoms with E-state index in [4.69, 9.17) is 0 Å². The summed E-state index contributed by atoms with van der Waals surface area (Å²) in [4.78, 5) is 19.6. The van der Waals surface area contributed by atoms with E-state index in [1.807, 2.05) is 12.4 Å². The number of H-pyrrole nitrogens is 1. The normalized spacial score (nSPS) is 10.6. The number of aromatic nitrogens is 5. The molecule has 7 nitrogen and oxygen atoms in total. The lowest BCUT2D eigenvalue weighted by Crippen LogP contribution is -2.16. The van der Waals surface area contributed by atoms with Crippen molar-refractivity contribution in [1.82, 2.24) is 24.7 Å². The first-order valence-corrected chi connectivity index (χ1v) is 6.35. The van der Waals surface area contributed by atoms with Gasteiger partial charge in [-0.25, -0.2) is 19.9 Å². The maximum atomic E-state index is 11.2. The van der Waals surface area contributed by atoms with Crippen LogP contribution in [0.1, 0.15) is 24.7 Å². The van der Waals surface area contributed by atoms with Gasteiger partial charge in [0.2, 0.25) is 5.95 Å². The molecule has 2 N–H and O–H groups in total. The Hall–Kier alpha value is -2.18. The molecule has 0 radical (unpaired) electrons. The summed E-state index contributed by atoms with van der Waals surface area (Å²) < 4.78 is 1.49. The predicted molar refractivity (Wildman–Crippen MR) is 72.0 cm³/mol. The van der Waals surface area contributed by atoms with Crippen molar-refractivity contribution in [1.29, 1.82) is 0 Å². The van der Waals surface area contributed by atoms with Crippen LogP contribution in [0.3, 0.4) is 0 Å². The largest absolute Gasteiger partial charge is 0.354 e. The van der Waals surface area contributed by atoms with Crippen LogP contribution in [0.5, 0.6) is 0 Å². The Kier molecular flexibility index (Phi) is 4.27. The maximum Gasteiger partial charge on any atom is 0.343 e. The summed E-state index contributed by atoms with van der Waals surface area (Å²) in [6.45, 7) is 2.76. The van der Waals surface area contributed by atoms with E-state index < -0.39 is 0 Å². The summed E-state index contributed by atoms with van der Waals surface area (Å²) in [7, 11) is 1.69. The number of aryl methyl sites for hydroxylation is 1. The molecular formula is C12H18N6O. The molecule has 2 rings (SSSR count). The zero-order valence-corrected chi connectivity index (χ0v) is 11.2. The van der Waals surface area contributed by atoms with Crippen molar-refractivity contribution in [2.75, 3.05) is 11.9 Å². The van der Waals surface area contributed by atoms with Gasteiger partial charge in [-0.1, -0.05) is 13.3 Å². The van der Waals surface area contributed by atoms with Crippen LogP contribution < -0.4 is 11.0 Å². The topological polar surface area (TPSA) is 88.5 Å². The van der Waals surface area contributed by atoms with E-state index in [1.54, 1.807) is 7.05 Å². The molecule has 0 saturated heterocycles. The number of rotatable bonds is 6. The lowest BCUT2D eigenvalue weighted by molar-refractivity contribution is 0.768. The molecule has 0 saturated carbocycles. The molecule has 0 atom stereocenters. The summed E-state index contributed by atoms with van der Waals surface area (Å²) in [5.74, 6) is 1.31. The Morgan fingerprint density at radius 3 is 2.63 bits per heavy atom. The molecule has 7 heteroatoms. The van der Waals surface area contributed by atoms with Crippen LogP contribution in [0.25, 0.3) is 0 Å². The Morgan fingerprint density at radius 1 is 1.32 bits per heavy atom. The Bertz CT molecular complexity index is 571. The SMILES string of the molecule is CCCc1cnc(NCCc2n[nH]c(=O)n2C)nc1. The second-order valence-corrected chi connectivity index (χ2v) is 4.35. The summed E-state index contributed by atoms with van der Waals surface area (Å²) in [5.41, 5.74) is 0.943. The minimum absolute atomic E-state index is 0.199. The minimum atomic E-state index is -0.199. The fraction of sp³-hybridized carbons (Fsp3) is 0.500. The smallest absolute Gasteiger partial charge is 0.343 e. The van der Waals surface area contributed by atoms with Crippen molar-refractivity contribution < 1.29 is 0 Å². The molecule has 2 heterocycles. The molecule has 102 valence electrons. The monoisotopic (exact) mass is 262 g/mol. The third-order valence-corrected chi connectivity index (χ3v) is 2.85. The van der Waals surface area contributed by atoms with Crippen LogP contribution in [-0.4, -0.2) is 31.3 Å². The van der Waals surface area contributed by atoms with Gasteiger partial charge in [-0.05, 0) is 12.0 Å². The number of aromatic amines is 1. The van der Waals surface area contributed by atoms with Gasteiger partial charge in [0.15, 0.2) is 0 Å². The zero-order chi connectivity index (χ0) is 13.7. The van der Waals surface area contributed by atoms with Crippen molar-refractivity contribution in [3.8, 4) is 0 Å². The van der Waals surface area contributed by atoms with Crippen LogP contribution in [-0.2, 0) is 19.9 Å². The summed E-state index contributed by atoms with van der Waals surface area (Å²) in [6.07, 6.45) is 6.39. The second kappa shape index (κ2) is 6.12. The van der Waals surface area contributed by atoms with Gasteiger partial charge < -0.3 is 5.32 Å². The summed E-state index contributed by atoms with van der Waals surface area (Å²) in [6, 6.07) is 0. The third kappa shape index (κ3) is 3.40. The van der Waals surface area contributed by atoms with E-state index in [0.29, 0.717) is 24.7 Å². The number of hydrogen-bond acceptors (Lipinski definition) is 5.